The predicted octanol–water partition coefficient (Wildman–Crippen LogP) is 2.36. The molecule has 1 saturated heterocycles. The lowest BCUT2D eigenvalue weighted by Crippen LogP contribution is -2.32. The SMILES string of the molecule is Cn1cc(CNCCCN2CCCCCC2=O)c(-c2cccnc2)n1. The first-order valence-electron chi connectivity index (χ1n) is 9.15. The van der Waals surface area contributed by atoms with Crippen molar-refractivity contribution in [3.8, 4) is 11.3 Å². The number of carbonyl (C=O) groups is 1. The van der Waals surface area contributed by atoms with Crippen LogP contribution in [0.15, 0.2) is 30.7 Å². The maximum absolute atomic E-state index is 12.0. The van der Waals surface area contributed by atoms with Gasteiger partial charge >= 0.3 is 0 Å². The van der Waals surface area contributed by atoms with Crippen LogP contribution in [0.25, 0.3) is 11.3 Å². The molecule has 0 unspecified atom stereocenters. The zero-order valence-corrected chi connectivity index (χ0v) is 14.9. The highest BCUT2D eigenvalue weighted by Gasteiger charge is 2.15. The Morgan fingerprint density at radius 2 is 2.20 bits per heavy atom. The van der Waals surface area contributed by atoms with Crippen LogP contribution in [0, 0.1) is 0 Å². The Bertz CT molecular complexity index is 682. The minimum absolute atomic E-state index is 0.323. The largest absolute Gasteiger partial charge is 0.343 e. The van der Waals surface area contributed by atoms with Crippen LogP contribution in [0.5, 0.6) is 0 Å². The molecule has 0 aromatic carbocycles. The zero-order valence-electron chi connectivity index (χ0n) is 14.9. The number of aromatic nitrogens is 3. The standard InChI is InChI=1S/C19H27N5O/c1-23-15-17(19(22-23)16-7-5-9-20-13-16)14-21-10-6-12-24-11-4-2-3-8-18(24)25/h5,7,9,13,15,21H,2-4,6,8,10-12,14H2,1H3. The molecule has 6 nitrogen and oxygen atoms in total. The fourth-order valence-corrected chi connectivity index (χ4v) is 3.31. The van der Waals surface area contributed by atoms with E-state index < -0.39 is 0 Å². The molecule has 1 fully saturated rings. The number of nitrogens with one attached hydrogen (secondary N) is 1. The van der Waals surface area contributed by atoms with Crippen molar-refractivity contribution in [2.45, 2.75) is 38.6 Å². The average Bonchev–Trinajstić information content (AvgIpc) is 2.87. The van der Waals surface area contributed by atoms with Crippen LogP contribution in [-0.4, -0.2) is 45.2 Å². The third-order valence-corrected chi connectivity index (χ3v) is 4.61. The molecule has 3 heterocycles. The molecule has 6 heteroatoms. The van der Waals surface area contributed by atoms with Gasteiger partial charge in [-0.3, -0.25) is 14.5 Å². The van der Waals surface area contributed by atoms with Gasteiger partial charge in [0.2, 0.25) is 5.91 Å². The van der Waals surface area contributed by atoms with Gasteiger partial charge in [-0.2, -0.15) is 5.10 Å². The van der Waals surface area contributed by atoms with Crippen molar-refractivity contribution in [2.24, 2.45) is 7.05 Å². The second kappa shape index (κ2) is 8.76. The highest BCUT2D eigenvalue weighted by molar-refractivity contribution is 5.76. The van der Waals surface area contributed by atoms with E-state index in [-0.39, 0.29) is 0 Å². The van der Waals surface area contributed by atoms with Crippen molar-refractivity contribution in [1.29, 1.82) is 0 Å². The summed E-state index contributed by atoms with van der Waals surface area (Å²) in [5.41, 5.74) is 3.18. The summed E-state index contributed by atoms with van der Waals surface area (Å²) >= 11 is 0. The molecule has 3 rings (SSSR count). The van der Waals surface area contributed by atoms with Crippen molar-refractivity contribution >= 4 is 5.91 Å². The second-order valence-corrected chi connectivity index (χ2v) is 6.64. The van der Waals surface area contributed by atoms with Crippen LogP contribution in [0.4, 0.5) is 0 Å². The van der Waals surface area contributed by atoms with Crippen molar-refractivity contribution in [1.82, 2.24) is 25.0 Å². The van der Waals surface area contributed by atoms with Crippen molar-refractivity contribution in [3.63, 3.8) is 0 Å². The van der Waals surface area contributed by atoms with E-state index in [4.69, 9.17) is 0 Å². The first-order chi connectivity index (χ1) is 12.2. The third kappa shape index (κ3) is 4.89. The van der Waals surface area contributed by atoms with Gasteiger partial charge in [-0.25, -0.2) is 0 Å². The number of rotatable bonds is 7. The molecule has 25 heavy (non-hydrogen) atoms. The van der Waals surface area contributed by atoms with Gasteiger partial charge in [0.15, 0.2) is 0 Å². The zero-order chi connectivity index (χ0) is 17.5. The minimum atomic E-state index is 0.323. The number of amides is 1. The van der Waals surface area contributed by atoms with Crippen molar-refractivity contribution in [2.75, 3.05) is 19.6 Å². The molecule has 2 aromatic heterocycles. The number of hydrogen-bond donors (Lipinski definition) is 1. The lowest BCUT2D eigenvalue weighted by molar-refractivity contribution is -0.130. The van der Waals surface area contributed by atoms with E-state index in [1.807, 2.05) is 41.2 Å². The Hall–Kier alpha value is -2.21. The summed E-state index contributed by atoms with van der Waals surface area (Å²) in [4.78, 5) is 18.2. The van der Waals surface area contributed by atoms with E-state index in [0.717, 1.165) is 63.1 Å². The number of aryl methyl sites for hydroxylation is 1. The molecule has 1 N–H and O–H groups in total. The van der Waals surface area contributed by atoms with E-state index in [0.29, 0.717) is 5.91 Å². The fraction of sp³-hybridized carbons (Fsp3) is 0.526. The van der Waals surface area contributed by atoms with Gasteiger partial charge in [-0.15, -0.1) is 0 Å². The molecule has 0 bridgehead atoms. The Kier molecular flexibility index (Phi) is 6.17. The predicted molar refractivity (Wildman–Crippen MR) is 97.8 cm³/mol. The summed E-state index contributed by atoms with van der Waals surface area (Å²) in [7, 11) is 1.94. The van der Waals surface area contributed by atoms with E-state index in [9.17, 15) is 4.79 Å². The fourth-order valence-electron chi connectivity index (χ4n) is 3.31. The Morgan fingerprint density at radius 3 is 3.04 bits per heavy atom. The highest BCUT2D eigenvalue weighted by atomic mass is 16.2. The van der Waals surface area contributed by atoms with Gasteiger partial charge in [-0.05, 0) is 37.9 Å². The van der Waals surface area contributed by atoms with Gasteiger partial charge in [0.05, 0.1) is 5.69 Å². The van der Waals surface area contributed by atoms with Gasteiger partial charge in [0.25, 0.3) is 0 Å². The summed E-state index contributed by atoms with van der Waals surface area (Å²) in [5, 5.41) is 8.04. The lowest BCUT2D eigenvalue weighted by atomic mass is 10.1. The van der Waals surface area contributed by atoms with Crippen molar-refractivity contribution < 1.29 is 4.79 Å². The molecule has 1 aliphatic rings. The number of pyridine rings is 1. The molecule has 2 aromatic rings. The molecule has 1 amide bonds. The summed E-state index contributed by atoms with van der Waals surface area (Å²) in [6.07, 6.45) is 10.7. The monoisotopic (exact) mass is 341 g/mol. The molecule has 134 valence electrons. The Morgan fingerprint density at radius 1 is 1.28 bits per heavy atom. The molecule has 0 atom stereocenters. The van der Waals surface area contributed by atoms with E-state index in [1.54, 1.807) is 6.20 Å². The van der Waals surface area contributed by atoms with Gasteiger partial charge < -0.3 is 10.2 Å². The van der Waals surface area contributed by atoms with Crippen LogP contribution >= 0.6 is 0 Å². The normalized spacial score (nSPS) is 15.4. The van der Waals surface area contributed by atoms with Crippen LogP contribution in [0.2, 0.25) is 0 Å². The van der Waals surface area contributed by atoms with Gasteiger partial charge in [-0.1, -0.05) is 6.42 Å². The Balaban J connectivity index is 1.47. The average molecular weight is 341 g/mol. The highest BCUT2D eigenvalue weighted by Crippen LogP contribution is 2.20. The molecular formula is C19H27N5O. The Labute approximate surface area is 149 Å². The first kappa shape index (κ1) is 17.6. The summed E-state index contributed by atoms with van der Waals surface area (Å²) in [6, 6.07) is 3.96. The van der Waals surface area contributed by atoms with Gasteiger partial charge in [0, 0.05) is 62.8 Å². The molecule has 0 saturated carbocycles. The molecular weight excluding hydrogens is 314 g/mol. The number of carbonyl (C=O) groups excluding carboxylic acids is 1. The maximum Gasteiger partial charge on any atom is 0.222 e. The topological polar surface area (TPSA) is 63.1 Å². The van der Waals surface area contributed by atoms with Crippen LogP contribution in [0.1, 0.15) is 37.7 Å². The summed E-state index contributed by atoms with van der Waals surface area (Å²) in [5.74, 6) is 0.323. The number of likely N-dealkylation sites (tertiary alicyclic amines) is 1. The number of nitrogens with zero attached hydrogens (tertiary/aromatic N) is 4. The summed E-state index contributed by atoms with van der Waals surface area (Å²) < 4.78 is 1.84. The van der Waals surface area contributed by atoms with E-state index >= 15 is 0 Å². The molecule has 1 aliphatic heterocycles. The lowest BCUT2D eigenvalue weighted by Gasteiger charge is -2.20. The quantitative estimate of drug-likeness (QED) is 0.785. The van der Waals surface area contributed by atoms with Crippen LogP contribution < -0.4 is 5.32 Å². The van der Waals surface area contributed by atoms with Gasteiger partial charge in [0.1, 0.15) is 0 Å². The smallest absolute Gasteiger partial charge is 0.222 e. The molecule has 0 spiro atoms. The first-order valence-corrected chi connectivity index (χ1v) is 9.15. The van der Waals surface area contributed by atoms with E-state index in [2.05, 4.69) is 15.4 Å². The van der Waals surface area contributed by atoms with Crippen LogP contribution in [-0.2, 0) is 18.4 Å². The maximum atomic E-state index is 12.0. The van der Waals surface area contributed by atoms with Crippen molar-refractivity contribution in [3.05, 3.63) is 36.3 Å². The minimum Gasteiger partial charge on any atom is -0.343 e. The number of hydrogen-bond acceptors (Lipinski definition) is 4. The third-order valence-electron chi connectivity index (χ3n) is 4.61. The van der Waals surface area contributed by atoms with Crippen LogP contribution in [0.3, 0.4) is 0 Å². The molecule has 0 radical (unpaired) electrons. The second-order valence-electron chi connectivity index (χ2n) is 6.64. The molecule has 0 aliphatic carbocycles. The van der Waals surface area contributed by atoms with E-state index in [1.165, 1.54) is 12.0 Å². The summed E-state index contributed by atoms with van der Waals surface area (Å²) in [6.45, 7) is 3.44.